The maximum absolute atomic E-state index is 15.1. The summed E-state index contributed by atoms with van der Waals surface area (Å²) in [6.07, 6.45) is 4.51. The van der Waals surface area contributed by atoms with Crippen molar-refractivity contribution in [1.29, 1.82) is 0 Å². The standard InChI is InChI=1S/C28H30FN5O/c1-16(2)34-17(3)15-35-27-23(19-4-5-19)11-20(12-25(27)34)26-24(29)14-31-28(33-26)32-22-7-6-18-8-9-30-13-21(18)10-22/h6-7,10-12,14,16,19,30H,3-5,8-9,13,15H2,1-2H3,(H,31,32,33). The van der Waals surface area contributed by atoms with E-state index in [1.54, 1.807) is 0 Å². The molecule has 0 saturated heterocycles. The summed E-state index contributed by atoms with van der Waals surface area (Å²) in [7, 11) is 0. The molecule has 1 saturated carbocycles. The lowest BCUT2D eigenvalue weighted by atomic mass is 9.99. The van der Waals surface area contributed by atoms with Crippen molar-refractivity contribution < 1.29 is 9.13 Å². The average molecular weight is 472 g/mol. The van der Waals surface area contributed by atoms with Gasteiger partial charge in [0.2, 0.25) is 5.95 Å². The highest BCUT2D eigenvalue weighted by Crippen LogP contribution is 2.51. The van der Waals surface area contributed by atoms with Crippen molar-refractivity contribution in [2.24, 2.45) is 0 Å². The minimum absolute atomic E-state index is 0.207. The zero-order chi connectivity index (χ0) is 24.1. The lowest BCUT2D eigenvalue weighted by Crippen LogP contribution is -2.35. The van der Waals surface area contributed by atoms with Crippen LogP contribution in [0, 0.1) is 5.82 Å². The molecule has 6 nitrogen and oxygen atoms in total. The van der Waals surface area contributed by atoms with Crippen LogP contribution in [0.4, 0.5) is 21.7 Å². The Labute approximate surface area is 205 Å². The second-order valence-electron chi connectivity index (χ2n) is 9.93. The Morgan fingerprint density at radius 3 is 2.86 bits per heavy atom. The summed E-state index contributed by atoms with van der Waals surface area (Å²) < 4.78 is 21.2. The van der Waals surface area contributed by atoms with Gasteiger partial charge in [0.25, 0.3) is 0 Å². The van der Waals surface area contributed by atoms with Gasteiger partial charge in [-0.25, -0.2) is 14.4 Å². The van der Waals surface area contributed by atoms with Crippen LogP contribution in [-0.4, -0.2) is 29.2 Å². The van der Waals surface area contributed by atoms with Gasteiger partial charge in [0.05, 0.1) is 11.9 Å². The van der Waals surface area contributed by atoms with Gasteiger partial charge in [0.1, 0.15) is 18.1 Å². The number of nitrogens with zero attached hydrogens (tertiary/aromatic N) is 3. The molecule has 3 heterocycles. The Bertz CT molecular complexity index is 1320. The number of hydrogen-bond donors (Lipinski definition) is 2. The smallest absolute Gasteiger partial charge is 0.227 e. The monoisotopic (exact) mass is 471 g/mol. The van der Waals surface area contributed by atoms with Gasteiger partial charge in [-0.05, 0) is 81.0 Å². The SMILES string of the molecule is C=C1COc2c(C3CC3)cc(-c3nc(Nc4ccc5c(c4)CNCC5)ncc3F)cc2N1C(C)C. The Morgan fingerprint density at radius 1 is 1.20 bits per heavy atom. The molecule has 2 N–H and O–H groups in total. The topological polar surface area (TPSA) is 62.3 Å². The highest BCUT2D eigenvalue weighted by atomic mass is 19.1. The van der Waals surface area contributed by atoms with Gasteiger partial charge in [-0.3, -0.25) is 0 Å². The van der Waals surface area contributed by atoms with Crippen molar-refractivity contribution in [1.82, 2.24) is 15.3 Å². The van der Waals surface area contributed by atoms with Gasteiger partial charge in [0, 0.05) is 35.1 Å². The third-order valence-electron chi connectivity index (χ3n) is 6.98. The number of benzene rings is 2. The third kappa shape index (κ3) is 4.14. The summed E-state index contributed by atoms with van der Waals surface area (Å²) in [4.78, 5) is 11.0. The van der Waals surface area contributed by atoms with E-state index in [0.29, 0.717) is 18.5 Å². The molecule has 0 unspecified atom stereocenters. The van der Waals surface area contributed by atoms with E-state index in [9.17, 15) is 0 Å². The number of rotatable bonds is 5. The van der Waals surface area contributed by atoms with Crippen molar-refractivity contribution >= 4 is 17.3 Å². The Hall–Kier alpha value is -3.45. The largest absolute Gasteiger partial charge is 0.485 e. The lowest BCUT2D eigenvalue weighted by molar-refractivity contribution is 0.328. The molecule has 35 heavy (non-hydrogen) atoms. The number of ether oxygens (including phenoxy) is 1. The molecule has 1 aromatic heterocycles. The van der Waals surface area contributed by atoms with Crippen LogP contribution in [0.1, 0.15) is 49.3 Å². The van der Waals surface area contributed by atoms with E-state index >= 15 is 4.39 Å². The van der Waals surface area contributed by atoms with Crippen LogP contribution in [0.2, 0.25) is 0 Å². The molecule has 0 atom stereocenters. The van der Waals surface area contributed by atoms with Crippen molar-refractivity contribution in [3.8, 4) is 17.0 Å². The highest BCUT2D eigenvalue weighted by Gasteiger charge is 2.34. The molecular weight excluding hydrogens is 441 g/mol. The van der Waals surface area contributed by atoms with Gasteiger partial charge in [-0.15, -0.1) is 0 Å². The van der Waals surface area contributed by atoms with Crippen molar-refractivity contribution in [3.05, 3.63) is 71.3 Å². The zero-order valence-electron chi connectivity index (χ0n) is 20.2. The van der Waals surface area contributed by atoms with Gasteiger partial charge < -0.3 is 20.3 Å². The van der Waals surface area contributed by atoms with Crippen LogP contribution in [0.25, 0.3) is 11.3 Å². The predicted octanol–water partition coefficient (Wildman–Crippen LogP) is 5.67. The van der Waals surface area contributed by atoms with Crippen LogP contribution in [0.3, 0.4) is 0 Å². The first-order valence-corrected chi connectivity index (χ1v) is 12.4. The predicted molar refractivity (Wildman–Crippen MR) is 137 cm³/mol. The molecule has 2 aliphatic heterocycles. The molecule has 3 aliphatic rings. The van der Waals surface area contributed by atoms with E-state index in [4.69, 9.17) is 4.74 Å². The number of halogens is 1. The number of hydrogen-bond acceptors (Lipinski definition) is 6. The first kappa shape index (κ1) is 22.0. The molecule has 1 fully saturated rings. The summed E-state index contributed by atoms with van der Waals surface area (Å²) in [6.45, 7) is 10.8. The summed E-state index contributed by atoms with van der Waals surface area (Å²) in [5.41, 5.74) is 7.50. The molecule has 0 amide bonds. The first-order chi connectivity index (χ1) is 17.0. The van der Waals surface area contributed by atoms with Crippen LogP contribution in [0.5, 0.6) is 5.75 Å². The number of nitrogens with one attached hydrogen (secondary N) is 2. The fraction of sp³-hybridized carbons (Fsp3) is 0.357. The van der Waals surface area contributed by atoms with Crippen LogP contribution in [0.15, 0.2) is 48.8 Å². The van der Waals surface area contributed by atoms with Crippen LogP contribution >= 0.6 is 0 Å². The summed E-state index contributed by atoms with van der Waals surface area (Å²) in [6, 6.07) is 10.5. The van der Waals surface area contributed by atoms with Crippen molar-refractivity contribution in [2.45, 2.75) is 51.6 Å². The van der Waals surface area contributed by atoms with E-state index in [1.807, 2.05) is 18.2 Å². The Balaban J connectivity index is 1.39. The van der Waals surface area contributed by atoms with E-state index in [0.717, 1.165) is 66.3 Å². The second kappa shape index (κ2) is 8.64. The third-order valence-corrected chi connectivity index (χ3v) is 6.98. The Kier molecular flexibility index (Phi) is 5.44. The minimum atomic E-state index is -0.446. The molecule has 0 bridgehead atoms. The van der Waals surface area contributed by atoms with E-state index in [-0.39, 0.29) is 11.7 Å². The average Bonchev–Trinajstić information content (AvgIpc) is 3.69. The van der Waals surface area contributed by atoms with Gasteiger partial charge >= 0.3 is 0 Å². The molecule has 7 heteroatoms. The minimum Gasteiger partial charge on any atom is -0.485 e. The summed E-state index contributed by atoms with van der Waals surface area (Å²) in [5, 5.41) is 6.67. The Morgan fingerprint density at radius 2 is 2.06 bits per heavy atom. The maximum atomic E-state index is 15.1. The molecule has 180 valence electrons. The van der Waals surface area contributed by atoms with E-state index in [2.05, 4.69) is 58.1 Å². The molecule has 1 aliphatic carbocycles. The fourth-order valence-corrected chi connectivity index (χ4v) is 5.16. The number of fused-ring (bicyclic) bond motifs is 2. The summed E-state index contributed by atoms with van der Waals surface area (Å²) in [5.74, 6) is 1.26. The normalized spacial score (nSPS) is 17.1. The number of anilines is 3. The van der Waals surface area contributed by atoms with Crippen molar-refractivity contribution in [3.63, 3.8) is 0 Å². The van der Waals surface area contributed by atoms with Gasteiger partial charge in [0.15, 0.2) is 5.82 Å². The maximum Gasteiger partial charge on any atom is 0.227 e. The zero-order valence-corrected chi connectivity index (χ0v) is 20.2. The summed E-state index contributed by atoms with van der Waals surface area (Å²) >= 11 is 0. The fourth-order valence-electron chi connectivity index (χ4n) is 5.16. The van der Waals surface area contributed by atoms with E-state index < -0.39 is 5.82 Å². The molecule has 6 rings (SSSR count). The van der Waals surface area contributed by atoms with E-state index in [1.165, 1.54) is 17.3 Å². The molecular formula is C28H30FN5O. The number of aromatic nitrogens is 2. The highest BCUT2D eigenvalue weighted by molar-refractivity contribution is 5.77. The molecule has 3 aromatic rings. The van der Waals surface area contributed by atoms with Gasteiger partial charge in [-0.2, -0.15) is 0 Å². The van der Waals surface area contributed by atoms with Crippen LogP contribution < -0.4 is 20.3 Å². The first-order valence-electron chi connectivity index (χ1n) is 12.4. The van der Waals surface area contributed by atoms with Crippen molar-refractivity contribution in [2.75, 3.05) is 23.4 Å². The van der Waals surface area contributed by atoms with Gasteiger partial charge in [-0.1, -0.05) is 12.6 Å². The second-order valence-corrected chi connectivity index (χ2v) is 9.93. The molecule has 0 spiro atoms. The quantitative estimate of drug-likeness (QED) is 0.500. The molecule has 0 radical (unpaired) electrons. The lowest BCUT2D eigenvalue weighted by Gasteiger charge is -2.37. The van der Waals surface area contributed by atoms with Crippen LogP contribution in [-0.2, 0) is 13.0 Å². The molecule has 2 aromatic carbocycles.